The van der Waals surface area contributed by atoms with Crippen LogP contribution in [0.1, 0.15) is 183 Å². The van der Waals surface area contributed by atoms with E-state index in [-0.39, 0.29) is 29.1 Å². The molecule has 2 N–H and O–H groups in total. The molecule has 46 heavy (non-hydrogen) atoms. The minimum Gasteiger partial charge on any atom is -0.507 e. The summed E-state index contributed by atoms with van der Waals surface area (Å²) in [5, 5.41) is 11.0. The van der Waals surface area contributed by atoms with Crippen LogP contribution in [0.15, 0.2) is 24.3 Å². The average Bonchev–Trinajstić information content (AvgIpc) is 3.00. The van der Waals surface area contributed by atoms with Gasteiger partial charge in [0.1, 0.15) is 11.5 Å². The Morgan fingerprint density at radius 1 is 0.761 bits per heavy atom. The molecule has 0 saturated carbocycles. The number of hydrogen-bond donors (Lipinski definition) is 2. The van der Waals surface area contributed by atoms with Gasteiger partial charge in [0.05, 0.1) is 11.3 Å². The fourth-order valence-electron chi connectivity index (χ4n) is 5.83. The number of unbranched alkanes of at least 4 members (excludes halogenated alkanes) is 10. The van der Waals surface area contributed by atoms with Crippen LogP contribution in [-0.2, 0) is 11.3 Å². The number of aryl methyl sites for hydroxylation is 1. The molecule has 0 saturated heterocycles. The summed E-state index contributed by atoms with van der Waals surface area (Å²) in [7, 11) is 0. The van der Waals surface area contributed by atoms with Crippen molar-refractivity contribution in [2.24, 2.45) is 0 Å². The van der Waals surface area contributed by atoms with E-state index in [2.05, 4.69) is 72.2 Å². The number of anilines is 1. The van der Waals surface area contributed by atoms with E-state index in [1.807, 2.05) is 4.90 Å². The molecule has 0 aromatic heterocycles. The molecule has 0 bridgehead atoms. The van der Waals surface area contributed by atoms with Crippen molar-refractivity contribution in [3.8, 4) is 11.5 Å². The molecule has 7 heteroatoms. The molecule has 6 nitrogen and oxygen atoms in total. The van der Waals surface area contributed by atoms with E-state index in [9.17, 15) is 14.1 Å². The van der Waals surface area contributed by atoms with Gasteiger partial charge in [0.25, 0.3) is 5.91 Å². The van der Waals surface area contributed by atoms with E-state index in [0.29, 0.717) is 36.0 Å². The third kappa shape index (κ3) is 12.6. The van der Waals surface area contributed by atoms with Crippen molar-refractivity contribution < 1.29 is 18.3 Å². The summed E-state index contributed by atoms with van der Waals surface area (Å²) < 4.78 is 22.6. The number of carbonyl (C=O) groups is 1. The molecule has 0 spiro atoms. The summed E-state index contributed by atoms with van der Waals surface area (Å²) in [4.78, 5) is 15.8. The minimum absolute atomic E-state index is 0.0217. The fraction of sp³-hybridized carbons (Fsp3) is 0.667. The lowest BCUT2D eigenvalue weighted by Gasteiger charge is -2.24. The topological polar surface area (TPSA) is 78.9 Å². The number of phenols is 1. The maximum atomic E-state index is 13.9. The fourth-order valence-corrected chi connectivity index (χ4v) is 6.53. The van der Waals surface area contributed by atoms with Crippen molar-refractivity contribution in [3.63, 3.8) is 0 Å². The van der Waals surface area contributed by atoms with Gasteiger partial charge in [0, 0.05) is 13.1 Å². The van der Waals surface area contributed by atoms with Gasteiger partial charge in [-0.2, -0.15) is 4.21 Å². The van der Waals surface area contributed by atoms with Crippen LogP contribution in [0.4, 0.5) is 5.69 Å². The Kier molecular flexibility index (Phi) is 17.8. The highest BCUT2D eigenvalue weighted by Crippen LogP contribution is 2.38. The lowest BCUT2D eigenvalue weighted by atomic mass is 9.88. The highest BCUT2D eigenvalue weighted by molar-refractivity contribution is 7.82. The number of nitrogens with one attached hydrogen (secondary N) is 1. The third-order valence-electron chi connectivity index (χ3n) is 8.82. The lowest BCUT2D eigenvalue weighted by Crippen LogP contribution is -2.33. The van der Waals surface area contributed by atoms with E-state index < -0.39 is 11.3 Å². The first-order chi connectivity index (χ1) is 21.9. The third-order valence-corrected chi connectivity index (χ3v) is 9.54. The number of phenolic OH excluding ortho intramolecular Hbond substituents is 1. The van der Waals surface area contributed by atoms with Gasteiger partial charge in [-0.05, 0) is 71.9 Å². The number of hydrogen-bond acceptors (Lipinski definition) is 4. The van der Waals surface area contributed by atoms with Crippen LogP contribution in [0.25, 0.3) is 0 Å². The molecular weight excluding hydrogens is 593 g/mol. The van der Waals surface area contributed by atoms with Crippen LogP contribution in [0.3, 0.4) is 0 Å². The molecule has 0 heterocycles. The zero-order valence-corrected chi connectivity index (χ0v) is 31.3. The van der Waals surface area contributed by atoms with Crippen LogP contribution in [0, 0.1) is 6.92 Å². The maximum Gasteiger partial charge on any atom is 0.316 e. The zero-order valence-electron chi connectivity index (χ0n) is 30.5. The molecule has 1 amide bonds. The van der Waals surface area contributed by atoms with E-state index >= 15 is 0 Å². The van der Waals surface area contributed by atoms with Gasteiger partial charge in [-0.3, -0.25) is 9.52 Å². The maximum absolute atomic E-state index is 13.9. The van der Waals surface area contributed by atoms with E-state index in [0.717, 1.165) is 36.8 Å². The van der Waals surface area contributed by atoms with Crippen LogP contribution in [0.5, 0.6) is 11.5 Å². The van der Waals surface area contributed by atoms with Crippen LogP contribution >= 0.6 is 0 Å². The van der Waals surface area contributed by atoms with Crippen LogP contribution in [0.2, 0.25) is 0 Å². The number of rotatable bonds is 22. The van der Waals surface area contributed by atoms with Gasteiger partial charge in [-0.15, -0.1) is 0 Å². The normalized spacial score (nSPS) is 12.3. The second kappa shape index (κ2) is 20.6. The van der Waals surface area contributed by atoms with E-state index in [1.165, 1.54) is 56.9 Å². The Morgan fingerprint density at radius 3 is 1.70 bits per heavy atom. The van der Waals surface area contributed by atoms with Gasteiger partial charge in [0.2, 0.25) is 0 Å². The number of benzene rings is 2. The summed E-state index contributed by atoms with van der Waals surface area (Å²) in [5.41, 5.74) is 4.57. The average molecular weight is 657 g/mol. The predicted octanol–water partition coefficient (Wildman–Crippen LogP) is 11.3. The second-order valence-corrected chi connectivity index (χ2v) is 14.8. The Labute approximate surface area is 283 Å². The summed E-state index contributed by atoms with van der Waals surface area (Å²) in [5.74, 6) is 1.19. The quantitative estimate of drug-likeness (QED) is 0.0976. The number of nitrogens with zero attached hydrogens (tertiary/aromatic N) is 1. The molecule has 1 unspecified atom stereocenters. The number of aromatic hydroxyl groups is 1. The Morgan fingerprint density at radius 2 is 1.24 bits per heavy atom. The Bertz CT molecular complexity index is 1200. The summed E-state index contributed by atoms with van der Waals surface area (Å²) in [6.45, 7) is 20.4. The monoisotopic (exact) mass is 656 g/mol. The molecule has 0 fully saturated rings. The van der Waals surface area contributed by atoms with E-state index in [1.54, 1.807) is 19.1 Å². The molecule has 260 valence electrons. The second-order valence-electron chi connectivity index (χ2n) is 13.9. The lowest BCUT2D eigenvalue weighted by molar-refractivity contribution is 0.0746. The van der Waals surface area contributed by atoms with Crippen molar-refractivity contribution in [3.05, 3.63) is 52.1 Å². The molecule has 0 radical (unpaired) electrons. The van der Waals surface area contributed by atoms with Gasteiger partial charge >= 0.3 is 11.3 Å². The molecule has 0 aliphatic rings. The highest BCUT2D eigenvalue weighted by Gasteiger charge is 2.23. The Balaban J connectivity index is 2.28. The van der Waals surface area contributed by atoms with Crippen molar-refractivity contribution in [2.45, 2.75) is 157 Å². The number of amides is 1. The Hall–Kier alpha value is -2.54. The first kappa shape index (κ1) is 39.6. The van der Waals surface area contributed by atoms with E-state index in [4.69, 9.17) is 4.18 Å². The molecule has 2 rings (SSSR count). The minimum atomic E-state index is -1.91. The standard InChI is InChI=1S/C39H64N2O4S/c1-10-12-14-16-18-20-22-41(23-21-19-17-15-13-11-2)39(43)36-27-33(24-31(9)37(36)42)40-46(44)45-38-34(29(5)6)25-32(28(3)4)26-35(38)30(7)8/h24-30,40,42H,10-23H2,1-9H3. The van der Waals surface area contributed by atoms with Crippen molar-refractivity contribution >= 4 is 22.9 Å². The smallest absolute Gasteiger partial charge is 0.316 e. The summed E-state index contributed by atoms with van der Waals surface area (Å²) in [6.07, 6.45) is 13.8. The first-order valence-corrected chi connectivity index (χ1v) is 19.2. The molecule has 0 aliphatic heterocycles. The van der Waals surface area contributed by atoms with Gasteiger partial charge < -0.3 is 14.2 Å². The van der Waals surface area contributed by atoms with Gasteiger partial charge in [0.15, 0.2) is 0 Å². The van der Waals surface area contributed by atoms with Crippen LogP contribution < -0.4 is 8.91 Å². The molecule has 2 aromatic carbocycles. The predicted molar refractivity (Wildman–Crippen MR) is 197 cm³/mol. The zero-order chi connectivity index (χ0) is 34.2. The molecule has 1 atom stereocenters. The molecule has 2 aromatic rings. The van der Waals surface area contributed by atoms with Crippen molar-refractivity contribution in [1.29, 1.82) is 0 Å². The summed E-state index contributed by atoms with van der Waals surface area (Å²) in [6, 6.07) is 7.67. The highest BCUT2D eigenvalue weighted by atomic mass is 32.2. The summed E-state index contributed by atoms with van der Waals surface area (Å²) >= 11 is -1.91. The van der Waals surface area contributed by atoms with Gasteiger partial charge in [-0.25, -0.2) is 0 Å². The number of carbonyl (C=O) groups excluding carboxylic acids is 1. The first-order valence-electron chi connectivity index (χ1n) is 18.1. The molecular formula is C39H64N2O4S. The van der Waals surface area contributed by atoms with Crippen molar-refractivity contribution in [1.82, 2.24) is 4.90 Å². The SMILES string of the molecule is CCCCCCCCN(CCCCCCCC)C(=O)c1cc(NS(=O)Oc2c(C(C)C)cc(C(C)C)cc2C(C)C)cc(C)c1O. The van der Waals surface area contributed by atoms with Crippen LogP contribution in [-0.4, -0.2) is 33.2 Å². The largest absolute Gasteiger partial charge is 0.507 e. The molecule has 0 aliphatic carbocycles. The van der Waals surface area contributed by atoms with Gasteiger partial charge in [-0.1, -0.05) is 132 Å². The van der Waals surface area contributed by atoms with Crippen molar-refractivity contribution in [2.75, 3.05) is 17.8 Å².